The molecule has 0 bridgehead atoms. The highest BCUT2D eigenvalue weighted by molar-refractivity contribution is 5.97. The van der Waals surface area contributed by atoms with E-state index in [0.717, 1.165) is 16.8 Å². The molecule has 5 heteroatoms. The van der Waals surface area contributed by atoms with Gasteiger partial charge in [-0.05, 0) is 30.7 Å². The molecule has 1 amide bonds. The summed E-state index contributed by atoms with van der Waals surface area (Å²) in [5.41, 5.74) is 3.28. The lowest BCUT2D eigenvalue weighted by atomic mass is 9.98. The minimum Gasteiger partial charge on any atom is -0.395 e. The summed E-state index contributed by atoms with van der Waals surface area (Å²) in [6.07, 6.45) is 1.74. The molecule has 0 saturated heterocycles. The van der Waals surface area contributed by atoms with E-state index in [9.17, 15) is 9.90 Å². The van der Waals surface area contributed by atoms with Gasteiger partial charge in [0, 0.05) is 37.5 Å². The first-order valence-electron chi connectivity index (χ1n) is 7.59. The van der Waals surface area contributed by atoms with Crippen LogP contribution < -0.4 is 0 Å². The van der Waals surface area contributed by atoms with Crippen molar-refractivity contribution in [2.45, 2.75) is 6.92 Å². The van der Waals surface area contributed by atoms with Gasteiger partial charge in [0.2, 0.25) is 0 Å². The summed E-state index contributed by atoms with van der Waals surface area (Å²) in [5, 5.41) is 9.19. The molecule has 0 fully saturated rings. The lowest BCUT2D eigenvalue weighted by Crippen LogP contribution is -2.36. The van der Waals surface area contributed by atoms with Crippen molar-refractivity contribution in [3.63, 3.8) is 0 Å². The molecular formula is C18H22N2O3. The molecule has 5 nitrogen and oxygen atoms in total. The molecule has 0 radical (unpaired) electrons. The van der Waals surface area contributed by atoms with Crippen molar-refractivity contribution in [1.82, 2.24) is 9.88 Å². The SMILES string of the molecule is COCCN(CCO)C(=O)c1cccc(-c2ccccn2)c1C. The van der Waals surface area contributed by atoms with Gasteiger partial charge in [0.15, 0.2) is 0 Å². The van der Waals surface area contributed by atoms with Gasteiger partial charge in [0.25, 0.3) is 5.91 Å². The molecule has 1 aromatic carbocycles. The quantitative estimate of drug-likeness (QED) is 0.850. The number of carbonyl (C=O) groups is 1. The number of carbonyl (C=O) groups excluding carboxylic acids is 1. The molecular weight excluding hydrogens is 292 g/mol. The van der Waals surface area contributed by atoms with Crippen molar-refractivity contribution in [3.05, 3.63) is 53.7 Å². The van der Waals surface area contributed by atoms with Crippen LogP contribution in [-0.4, -0.2) is 54.3 Å². The van der Waals surface area contributed by atoms with E-state index in [4.69, 9.17) is 4.74 Å². The summed E-state index contributed by atoms with van der Waals surface area (Å²) < 4.78 is 5.04. The van der Waals surface area contributed by atoms with Gasteiger partial charge in [-0.2, -0.15) is 0 Å². The number of hydrogen-bond donors (Lipinski definition) is 1. The Kier molecular flexibility index (Phi) is 6.26. The van der Waals surface area contributed by atoms with E-state index in [1.807, 2.05) is 37.3 Å². The number of benzene rings is 1. The minimum absolute atomic E-state index is 0.0750. The maximum atomic E-state index is 12.8. The Morgan fingerprint density at radius 3 is 2.70 bits per heavy atom. The van der Waals surface area contributed by atoms with Crippen LogP contribution in [-0.2, 0) is 4.74 Å². The Labute approximate surface area is 136 Å². The molecule has 2 aromatic rings. The second-order valence-electron chi connectivity index (χ2n) is 5.20. The number of methoxy groups -OCH3 is 1. The molecule has 0 aliphatic heterocycles. The predicted molar refractivity (Wildman–Crippen MR) is 89.3 cm³/mol. The third kappa shape index (κ3) is 4.15. The van der Waals surface area contributed by atoms with Crippen molar-refractivity contribution >= 4 is 5.91 Å². The van der Waals surface area contributed by atoms with Crippen LogP contribution in [0, 0.1) is 6.92 Å². The first kappa shape index (κ1) is 17.1. The largest absolute Gasteiger partial charge is 0.395 e. The number of nitrogens with zero attached hydrogens (tertiary/aromatic N) is 2. The van der Waals surface area contributed by atoms with Crippen LogP contribution in [0.25, 0.3) is 11.3 Å². The molecule has 122 valence electrons. The number of rotatable bonds is 7. The van der Waals surface area contributed by atoms with Gasteiger partial charge in [-0.15, -0.1) is 0 Å². The van der Waals surface area contributed by atoms with Gasteiger partial charge in [0.1, 0.15) is 0 Å². The molecule has 23 heavy (non-hydrogen) atoms. The minimum atomic E-state index is -0.105. The van der Waals surface area contributed by atoms with E-state index in [1.165, 1.54) is 0 Å². The highest BCUT2D eigenvalue weighted by atomic mass is 16.5. The number of aliphatic hydroxyl groups is 1. The first-order valence-corrected chi connectivity index (χ1v) is 7.59. The number of aliphatic hydroxyl groups excluding tert-OH is 1. The fourth-order valence-electron chi connectivity index (χ4n) is 2.47. The van der Waals surface area contributed by atoms with Crippen LogP contribution in [0.1, 0.15) is 15.9 Å². The number of ether oxygens (including phenoxy) is 1. The Balaban J connectivity index is 2.33. The van der Waals surface area contributed by atoms with E-state index < -0.39 is 0 Å². The van der Waals surface area contributed by atoms with Gasteiger partial charge in [-0.25, -0.2) is 0 Å². The Morgan fingerprint density at radius 1 is 1.22 bits per heavy atom. The zero-order valence-corrected chi connectivity index (χ0v) is 13.5. The Hall–Kier alpha value is -2.24. The van der Waals surface area contributed by atoms with Crippen LogP contribution >= 0.6 is 0 Å². The maximum absolute atomic E-state index is 12.8. The average molecular weight is 314 g/mol. The van der Waals surface area contributed by atoms with Crippen molar-refractivity contribution in [1.29, 1.82) is 0 Å². The second kappa shape index (κ2) is 8.41. The highest BCUT2D eigenvalue weighted by Crippen LogP contribution is 2.24. The summed E-state index contributed by atoms with van der Waals surface area (Å²) in [7, 11) is 1.59. The lowest BCUT2D eigenvalue weighted by molar-refractivity contribution is 0.0656. The summed E-state index contributed by atoms with van der Waals surface area (Å²) in [6.45, 7) is 3.02. The zero-order chi connectivity index (χ0) is 16.7. The number of aromatic nitrogens is 1. The van der Waals surface area contributed by atoms with Crippen LogP contribution in [0.5, 0.6) is 0 Å². The van der Waals surface area contributed by atoms with Gasteiger partial charge >= 0.3 is 0 Å². The molecule has 0 atom stereocenters. The van der Waals surface area contributed by atoms with Gasteiger partial charge in [0.05, 0.1) is 18.9 Å². The number of amides is 1. The van der Waals surface area contributed by atoms with E-state index in [1.54, 1.807) is 24.3 Å². The molecule has 1 heterocycles. The number of pyridine rings is 1. The van der Waals surface area contributed by atoms with Crippen LogP contribution in [0.15, 0.2) is 42.6 Å². The summed E-state index contributed by atoms with van der Waals surface area (Å²) in [4.78, 5) is 18.7. The van der Waals surface area contributed by atoms with E-state index in [2.05, 4.69) is 4.98 Å². The summed E-state index contributed by atoms with van der Waals surface area (Å²) >= 11 is 0. The van der Waals surface area contributed by atoms with Crippen molar-refractivity contribution in [2.24, 2.45) is 0 Å². The normalized spacial score (nSPS) is 10.6. The fraction of sp³-hybridized carbons (Fsp3) is 0.333. The molecule has 0 spiro atoms. The maximum Gasteiger partial charge on any atom is 0.254 e. The van der Waals surface area contributed by atoms with E-state index in [-0.39, 0.29) is 19.1 Å². The lowest BCUT2D eigenvalue weighted by Gasteiger charge is -2.23. The summed E-state index contributed by atoms with van der Waals surface area (Å²) in [6, 6.07) is 11.3. The molecule has 2 rings (SSSR count). The second-order valence-corrected chi connectivity index (χ2v) is 5.20. The smallest absolute Gasteiger partial charge is 0.254 e. The van der Waals surface area contributed by atoms with Gasteiger partial charge < -0.3 is 14.7 Å². The van der Waals surface area contributed by atoms with Gasteiger partial charge in [-0.1, -0.05) is 18.2 Å². The molecule has 1 N–H and O–H groups in total. The summed E-state index contributed by atoms with van der Waals surface area (Å²) in [5.74, 6) is -0.105. The third-order valence-corrected chi connectivity index (χ3v) is 3.73. The first-order chi connectivity index (χ1) is 11.2. The zero-order valence-electron chi connectivity index (χ0n) is 13.5. The topological polar surface area (TPSA) is 62.7 Å². The van der Waals surface area contributed by atoms with Crippen molar-refractivity contribution in [2.75, 3.05) is 33.4 Å². The number of hydrogen-bond acceptors (Lipinski definition) is 4. The van der Waals surface area contributed by atoms with Crippen LogP contribution in [0.2, 0.25) is 0 Å². The average Bonchev–Trinajstić information content (AvgIpc) is 2.59. The molecule has 1 aromatic heterocycles. The molecule has 0 unspecified atom stereocenters. The van der Waals surface area contributed by atoms with Crippen molar-refractivity contribution in [3.8, 4) is 11.3 Å². The van der Waals surface area contributed by atoms with E-state index in [0.29, 0.717) is 18.7 Å². The van der Waals surface area contributed by atoms with Gasteiger partial charge in [-0.3, -0.25) is 9.78 Å². The molecule has 0 saturated carbocycles. The predicted octanol–water partition coefficient (Wildman–Crippen LogP) is 2.14. The Morgan fingerprint density at radius 2 is 2.04 bits per heavy atom. The third-order valence-electron chi connectivity index (χ3n) is 3.73. The fourth-order valence-corrected chi connectivity index (χ4v) is 2.47. The standard InChI is InChI=1S/C18H22N2O3/c1-14-15(17-8-3-4-9-19-17)6-5-7-16(14)18(22)20(10-12-21)11-13-23-2/h3-9,21H,10-13H2,1-2H3. The van der Waals surface area contributed by atoms with Crippen LogP contribution in [0.4, 0.5) is 0 Å². The Bertz CT molecular complexity index is 644. The molecule has 0 aliphatic rings. The van der Waals surface area contributed by atoms with E-state index >= 15 is 0 Å². The molecule has 0 aliphatic carbocycles. The highest BCUT2D eigenvalue weighted by Gasteiger charge is 2.19. The van der Waals surface area contributed by atoms with Crippen molar-refractivity contribution < 1.29 is 14.6 Å². The van der Waals surface area contributed by atoms with Crippen LogP contribution in [0.3, 0.4) is 0 Å². The monoisotopic (exact) mass is 314 g/mol.